The minimum atomic E-state index is -0.893. The van der Waals surface area contributed by atoms with Gasteiger partial charge in [-0.15, -0.1) is 0 Å². The van der Waals surface area contributed by atoms with E-state index in [9.17, 15) is 14.7 Å². The first-order valence-electron chi connectivity index (χ1n) is 5.79. The lowest BCUT2D eigenvalue weighted by Gasteiger charge is -2.11. The summed E-state index contributed by atoms with van der Waals surface area (Å²) in [5, 5.41) is 17.9. The summed E-state index contributed by atoms with van der Waals surface area (Å²) in [5.41, 5.74) is 7.43. The van der Waals surface area contributed by atoms with Gasteiger partial charge in [0.15, 0.2) is 5.78 Å². The predicted molar refractivity (Wildman–Crippen MR) is 64.0 cm³/mol. The van der Waals surface area contributed by atoms with Gasteiger partial charge in [0.25, 0.3) is 0 Å². The first-order valence-corrected chi connectivity index (χ1v) is 5.79. The zero-order valence-corrected chi connectivity index (χ0v) is 9.74. The van der Waals surface area contributed by atoms with Gasteiger partial charge in [-0.05, 0) is 17.5 Å². The molecule has 0 amide bonds. The Morgan fingerprint density at radius 3 is 2.67 bits per heavy atom. The van der Waals surface area contributed by atoms with Gasteiger partial charge in [0, 0.05) is 12.5 Å². The molecule has 3 unspecified atom stereocenters. The van der Waals surface area contributed by atoms with Crippen molar-refractivity contribution in [3.8, 4) is 0 Å². The molecule has 1 fully saturated rings. The zero-order chi connectivity index (χ0) is 13.3. The van der Waals surface area contributed by atoms with Crippen LogP contribution in [0, 0.1) is 0 Å². The SMILES string of the molecule is NC(CCC(=O)O)c1cccc(C2C(=O)C2O)c1. The number of Topliss-reactive ketones (excluding diaryl/α,β-unsaturated/α-hetero) is 1. The van der Waals surface area contributed by atoms with Crippen molar-refractivity contribution in [2.75, 3.05) is 0 Å². The van der Waals surface area contributed by atoms with Crippen LogP contribution in [-0.4, -0.2) is 28.1 Å². The van der Waals surface area contributed by atoms with Crippen molar-refractivity contribution in [3.05, 3.63) is 35.4 Å². The Hall–Kier alpha value is -1.72. The van der Waals surface area contributed by atoms with Gasteiger partial charge in [0.1, 0.15) is 6.10 Å². The van der Waals surface area contributed by atoms with Crippen molar-refractivity contribution in [1.29, 1.82) is 0 Å². The number of carboxylic acid groups (broad SMARTS) is 1. The van der Waals surface area contributed by atoms with E-state index in [2.05, 4.69) is 0 Å². The van der Waals surface area contributed by atoms with Crippen LogP contribution in [0.25, 0.3) is 0 Å². The van der Waals surface area contributed by atoms with E-state index in [-0.39, 0.29) is 18.2 Å². The first-order chi connectivity index (χ1) is 8.50. The van der Waals surface area contributed by atoms with Gasteiger partial charge in [0.05, 0.1) is 5.92 Å². The maximum Gasteiger partial charge on any atom is 0.303 e. The molecule has 0 spiro atoms. The third-order valence-corrected chi connectivity index (χ3v) is 3.17. The van der Waals surface area contributed by atoms with Crippen LogP contribution in [-0.2, 0) is 9.59 Å². The lowest BCUT2D eigenvalue weighted by Crippen LogP contribution is -2.12. The quantitative estimate of drug-likeness (QED) is 0.708. The number of aliphatic hydroxyl groups is 1. The van der Waals surface area contributed by atoms with E-state index in [1.54, 1.807) is 24.3 Å². The highest BCUT2D eigenvalue weighted by Gasteiger charge is 2.49. The molecule has 2 rings (SSSR count). The monoisotopic (exact) mass is 249 g/mol. The van der Waals surface area contributed by atoms with Gasteiger partial charge in [-0.1, -0.05) is 24.3 Å². The van der Waals surface area contributed by atoms with Crippen LogP contribution in [0.15, 0.2) is 24.3 Å². The predicted octanol–water partition coefficient (Wildman–Crippen LogP) is 0.578. The van der Waals surface area contributed by atoms with E-state index in [0.29, 0.717) is 6.42 Å². The van der Waals surface area contributed by atoms with E-state index in [4.69, 9.17) is 10.8 Å². The molecule has 5 nitrogen and oxygen atoms in total. The van der Waals surface area contributed by atoms with Crippen LogP contribution in [0.4, 0.5) is 0 Å². The van der Waals surface area contributed by atoms with E-state index >= 15 is 0 Å². The molecule has 0 aliphatic heterocycles. The van der Waals surface area contributed by atoms with Crippen molar-refractivity contribution < 1.29 is 19.8 Å². The summed E-state index contributed by atoms with van der Waals surface area (Å²) in [6, 6.07) is 6.74. The molecule has 1 saturated carbocycles. The Bertz CT molecular complexity index is 486. The molecule has 0 saturated heterocycles. The fourth-order valence-electron chi connectivity index (χ4n) is 2.00. The molecule has 0 aromatic heterocycles. The van der Waals surface area contributed by atoms with Gasteiger partial charge >= 0.3 is 5.97 Å². The summed E-state index contributed by atoms with van der Waals surface area (Å²) in [6.07, 6.45) is -0.536. The molecular formula is C13H15NO4. The number of benzene rings is 1. The highest BCUT2D eigenvalue weighted by molar-refractivity contribution is 6.06. The standard InChI is InChI=1S/C13H15NO4/c14-9(4-5-10(15)16)7-2-1-3-8(6-7)11-12(17)13(11)18/h1-3,6,9,11-12,17H,4-5,14H2,(H,15,16). The van der Waals surface area contributed by atoms with Crippen molar-refractivity contribution in [3.63, 3.8) is 0 Å². The molecule has 18 heavy (non-hydrogen) atoms. The number of nitrogens with two attached hydrogens (primary N) is 1. The summed E-state index contributed by atoms with van der Waals surface area (Å²) in [5.74, 6) is -1.49. The van der Waals surface area contributed by atoms with E-state index < -0.39 is 18.0 Å². The summed E-state index contributed by atoms with van der Waals surface area (Å²) >= 11 is 0. The second kappa shape index (κ2) is 4.88. The van der Waals surface area contributed by atoms with Crippen LogP contribution in [0.1, 0.15) is 35.9 Å². The zero-order valence-electron chi connectivity index (χ0n) is 9.74. The van der Waals surface area contributed by atoms with Crippen molar-refractivity contribution in [2.45, 2.75) is 30.9 Å². The Kier molecular flexibility index (Phi) is 3.45. The van der Waals surface area contributed by atoms with Crippen molar-refractivity contribution in [2.24, 2.45) is 5.73 Å². The Morgan fingerprint density at radius 1 is 1.44 bits per heavy atom. The first kappa shape index (κ1) is 12.7. The second-order valence-corrected chi connectivity index (χ2v) is 4.53. The van der Waals surface area contributed by atoms with E-state index in [1.807, 2.05) is 0 Å². The van der Waals surface area contributed by atoms with Crippen LogP contribution in [0.5, 0.6) is 0 Å². The van der Waals surface area contributed by atoms with Crippen LogP contribution in [0.2, 0.25) is 0 Å². The smallest absolute Gasteiger partial charge is 0.303 e. The highest BCUT2D eigenvalue weighted by atomic mass is 16.4. The van der Waals surface area contributed by atoms with Gasteiger partial charge in [-0.3, -0.25) is 9.59 Å². The topological polar surface area (TPSA) is 101 Å². The third-order valence-electron chi connectivity index (χ3n) is 3.17. The molecule has 1 aliphatic rings. The molecule has 0 heterocycles. The molecule has 96 valence electrons. The maximum atomic E-state index is 11.2. The Labute approximate surface area is 104 Å². The van der Waals surface area contributed by atoms with Crippen LogP contribution < -0.4 is 5.73 Å². The number of carbonyl (C=O) groups excluding carboxylic acids is 1. The number of aliphatic hydroxyl groups excluding tert-OH is 1. The van der Waals surface area contributed by atoms with Crippen LogP contribution in [0.3, 0.4) is 0 Å². The summed E-state index contributed by atoms with van der Waals surface area (Å²) in [4.78, 5) is 21.6. The van der Waals surface area contributed by atoms with Gasteiger partial charge in [0.2, 0.25) is 0 Å². The average Bonchev–Trinajstić information content (AvgIpc) is 2.94. The third kappa shape index (κ3) is 2.57. The van der Waals surface area contributed by atoms with Crippen molar-refractivity contribution >= 4 is 11.8 Å². The highest BCUT2D eigenvalue weighted by Crippen LogP contribution is 2.37. The van der Waals surface area contributed by atoms with Crippen molar-refractivity contribution in [1.82, 2.24) is 0 Å². The maximum absolute atomic E-state index is 11.2. The fourth-order valence-corrected chi connectivity index (χ4v) is 2.00. The normalized spacial score (nSPS) is 23.8. The average molecular weight is 249 g/mol. The van der Waals surface area contributed by atoms with E-state index in [1.165, 1.54) is 0 Å². The van der Waals surface area contributed by atoms with Gasteiger partial charge in [-0.2, -0.15) is 0 Å². The molecular weight excluding hydrogens is 234 g/mol. The molecule has 1 aliphatic carbocycles. The minimum Gasteiger partial charge on any atom is -0.481 e. The van der Waals surface area contributed by atoms with Gasteiger partial charge < -0.3 is 15.9 Å². The molecule has 1 aromatic rings. The minimum absolute atomic E-state index is 0.0103. The molecule has 5 heteroatoms. The fraction of sp³-hybridized carbons (Fsp3) is 0.385. The lowest BCUT2D eigenvalue weighted by atomic mass is 9.99. The Morgan fingerprint density at radius 2 is 2.11 bits per heavy atom. The van der Waals surface area contributed by atoms with E-state index in [0.717, 1.165) is 11.1 Å². The Balaban J connectivity index is 2.07. The number of aliphatic carboxylic acids is 1. The number of hydrogen-bond acceptors (Lipinski definition) is 4. The summed E-state index contributed by atoms with van der Waals surface area (Å²) in [6.45, 7) is 0. The number of carbonyl (C=O) groups is 2. The number of carboxylic acids is 1. The number of hydrogen-bond donors (Lipinski definition) is 3. The summed E-state index contributed by atoms with van der Waals surface area (Å²) in [7, 11) is 0. The lowest BCUT2D eigenvalue weighted by molar-refractivity contribution is -0.137. The number of rotatable bonds is 5. The summed E-state index contributed by atoms with van der Waals surface area (Å²) < 4.78 is 0. The molecule has 3 atom stereocenters. The molecule has 4 N–H and O–H groups in total. The molecule has 0 radical (unpaired) electrons. The largest absolute Gasteiger partial charge is 0.481 e. The molecule has 1 aromatic carbocycles. The molecule has 0 bridgehead atoms. The second-order valence-electron chi connectivity index (χ2n) is 4.53. The number of ketones is 1. The van der Waals surface area contributed by atoms with Crippen LogP contribution >= 0.6 is 0 Å². The van der Waals surface area contributed by atoms with Gasteiger partial charge in [-0.25, -0.2) is 0 Å².